The van der Waals surface area contributed by atoms with Crippen molar-refractivity contribution in [2.75, 3.05) is 44.2 Å². The number of piperazine rings is 1. The maximum absolute atomic E-state index is 12.8. The Kier molecular flexibility index (Phi) is 8.33. The summed E-state index contributed by atoms with van der Waals surface area (Å²) in [4.78, 5) is 22.3. The first-order chi connectivity index (χ1) is 20.7. The molecule has 1 aliphatic carbocycles. The molecule has 1 N–H and O–H groups in total. The van der Waals surface area contributed by atoms with Gasteiger partial charge in [-0.15, -0.1) is 0 Å². The van der Waals surface area contributed by atoms with Crippen molar-refractivity contribution in [3.63, 3.8) is 0 Å². The Bertz CT molecular complexity index is 1580. The molecule has 224 valence electrons. The van der Waals surface area contributed by atoms with Gasteiger partial charge in [0.2, 0.25) is 0 Å². The van der Waals surface area contributed by atoms with Crippen LogP contribution in [0.15, 0.2) is 83.3 Å². The molecule has 0 spiro atoms. The number of unbranched alkanes of at least 4 members (excludes halogenated alkanes) is 1. The zero-order chi connectivity index (χ0) is 30.0. The van der Waals surface area contributed by atoms with E-state index in [1.807, 2.05) is 66.0 Å². The molecule has 4 aromatic rings. The fourth-order valence-electron chi connectivity index (χ4n) is 6.25. The molecule has 2 aliphatic rings. The molecule has 6 rings (SSSR count). The van der Waals surface area contributed by atoms with Crippen LogP contribution >= 0.6 is 15.9 Å². The van der Waals surface area contributed by atoms with Crippen LogP contribution in [0.2, 0.25) is 0 Å². The molecule has 6 nitrogen and oxygen atoms in total. The number of hydrogen-bond acceptors (Lipinski definition) is 5. The number of benzene rings is 3. The molecule has 0 bridgehead atoms. The largest absolute Gasteiger partial charge is 0.433 e. The molecule has 0 atom stereocenters. The van der Waals surface area contributed by atoms with E-state index in [-0.39, 0.29) is 0 Å². The number of nitrogens with one attached hydrogen (secondary N) is 1. The van der Waals surface area contributed by atoms with Gasteiger partial charge in [0.15, 0.2) is 5.60 Å². The smallest absolute Gasteiger partial charge is 0.408 e. The summed E-state index contributed by atoms with van der Waals surface area (Å²) in [5, 5.41) is 3.00. The van der Waals surface area contributed by atoms with Gasteiger partial charge in [-0.2, -0.15) is 13.2 Å². The van der Waals surface area contributed by atoms with E-state index < -0.39 is 24.4 Å². The summed E-state index contributed by atoms with van der Waals surface area (Å²) >= 11 is 3.51. The summed E-state index contributed by atoms with van der Waals surface area (Å²) in [7, 11) is 0. The van der Waals surface area contributed by atoms with Crippen LogP contribution in [0.5, 0.6) is 0 Å². The minimum absolute atomic E-state index is 0.470. The van der Waals surface area contributed by atoms with Crippen LogP contribution < -0.4 is 10.2 Å². The van der Waals surface area contributed by atoms with Crippen LogP contribution in [0.4, 0.5) is 23.8 Å². The highest BCUT2D eigenvalue weighted by molar-refractivity contribution is 9.10. The molecule has 0 radical (unpaired) electrons. The van der Waals surface area contributed by atoms with E-state index in [4.69, 9.17) is 9.72 Å². The normalized spacial score (nSPS) is 16.1. The molecule has 0 saturated carbocycles. The summed E-state index contributed by atoms with van der Waals surface area (Å²) in [5.41, 5.74) is 3.31. The van der Waals surface area contributed by atoms with Crippen molar-refractivity contribution in [3.05, 3.63) is 94.5 Å². The van der Waals surface area contributed by atoms with Crippen molar-refractivity contribution in [1.82, 2.24) is 15.2 Å². The van der Waals surface area contributed by atoms with Crippen LogP contribution in [-0.4, -0.2) is 61.4 Å². The number of anilines is 1. The number of halogens is 4. The van der Waals surface area contributed by atoms with Crippen LogP contribution in [0.1, 0.15) is 30.4 Å². The Labute approximate surface area is 257 Å². The molecule has 3 aromatic carbocycles. The Morgan fingerprint density at radius 1 is 0.907 bits per heavy atom. The molecule has 10 heteroatoms. The van der Waals surface area contributed by atoms with E-state index in [0.717, 1.165) is 89.0 Å². The molecular weight excluding hydrogens is 621 g/mol. The Morgan fingerprint density at radius 3 is 2.26 bits per heavy atom. The molecule has 1 aromatic heterocycles. The van der Waals surface area contributed by atoms with Crippen molar-refractivity contribution in [2.45, 2.75) is 31.0 Å². The van der Waals surface area contributed by atoms with Crippen LogP contribution in [0, 0.1) is 0 Å². The topological polar surface area (TPSA) is 57.7 Å². The lowest BCUT2D eigenvalue weighted by molar-refractivity contribution is -0.124. The average Bonchev–Trinajstić information content (AvgIpc) is 3.27. The zero-order valence-electron chi connectivity index (χ0n) is 23.5. The number of carbonyl (C=O) groups is 1. The maximum atomic E-state index is 12.8. The minimum Gasteiger partial charge on any atom is -0.433 e. The number of nitrogens with zero attached hydrogens (tertiary/aromatic N) is 3. The SMILES string of the molecule is O=C(NCC(F)(F)F)OC1(CCCCN2CCN(c3ccc4cc(Br)ccc4n3)CC2)c2ccccc2-c2ccccc21. The van der Waals surface area contributed by atoms with E-state index >= 15 is 0 Å². The molecule has 0 unspecified atom stereocenters. The molecule has 2 heterocycles. The molecule has 1 aliphatic heterocycles. The highest BCUT2D eigenvalue weighted by atomic mass is 79.9. The number of alkyl carbamates (subject to hydrolysis) is 1. The van der Waals surface area contributed by atoms with E-state index in [1.54, 1.807) is 0 Å². The van der Waals surface area contributed by atoms with Crippen LogP contribution in [-0.2, 0) is 10.3 Å². The number of hydrogen-bond donors (Lipinski definition) is 1. The van der Waals surface area contributed by atoms with Gasteiger partial charge in [0.25, 0.3) is 0 Å². The summed E-state index contributed by atoms with van der Waals surface area (Å²) in [6.07, 6.45) is -3.53. The molecule has 43 heavy (non-hydrogen) atoms. The van der Waals surface area contributed by atoms with Gasteiger partial charge >= 0.3 is 12.3 Å². The summed E-state index contributed by atoms with van der Waals surface area (Å²) < 4.78 is 45.5. The maximum Gasteiger partial charge on any atom is 0.408 e. The third-order valence-electron chi connectivity index (χ3n) is 8.30. The van der Waals surface area contributed by atoms with Gasteiger partial charge in [0.1, 0.15) is 12.4 Å². The van der Waals surface area contributed by atoms with E-state index in [1.165, 1.54) is 0 Å². The third-order valence-corrected chi connectivity index (χ3v) is 8.79. The predicted octanol–water partition coefficient (Wildman–Crippen LogP) is 7.50. The number of aromatic nitrogens is 1. The quantitative estimate of drug-likeness (QED) is 0.200. The van der Waals surface area contributed by atoms with E-state index in [2.05, 4.69) is 43.9 Å². The monoisotopic (exact) mass is 652 g/mol. The lowest BCUT2D eigenvalue weighted by atomic mass is 9.86. The van der Waals surface area contributed by atoms with Crippen molar-refractivity contribution in [3.8, 4) is 11.1 Å². The first-order valence-corrected chi connectivity index (χ1v) is 15.3. The van der Waals surface area contributed by atoms with Crippen LogP contribution in [0.3, 0.4) is 0 Å². The predicted molar refractivity (Wildman–Crippen MR) is 165 cm³/mol. The first kappa shape index (κ1) is 29.4. The van der Waals surface area contributed by atoms with Gasteiger partial charge in [-0.05, 0) is 67.3 Å². The lowest BCUT2D eigenvalue weighted by Gasteiger charge is -2.36. The highest BCUT2D eigenvalue weighted by Gasteiger charge is 2.46. The highest BCUT2D eigenvalue weighted by Crippen LogP contribution is 2.52. The molecule has 1 saturated heterocycles. The Hall–Kier alpha value is -3.63. The number of amides is 1. The summed E-state index contributed by atoms with van der Waals surface area (Å²) in [5.74, 6) is 0.982. The van der Waals surface area contributed by atoms with Gasteiger partial charge in [-0.1, -0.05) is 64.5 Å². The fourth-order valence-corrected chi connectivity index (χ4v) is 6.63. The van der Waals surface area contributed by atoms with Gasteiger partial charge in [0, 0.05) is 47.2 Å². The van der Waals surface area contributed by atoms with Gasteiger partial charge in [-0.25, -0.2) is 9.78 Å². The van der Waals surface area contributed by atoms with Crippen molar-refractivity contribution in [2.24, 2.45) is 0 Å². The van der Waals surface area contributed by atoms with Gasteiger partial charge in [0.05, 0.1) is 5.52 Å². The number of alkyl halides is 3. The minimum atomic E-state index is -4.52. The average molecular weight is 654 g/mol. The summed E-state index contributed by atoms with van der Waals surface area (Å²) in [6, 6.07) is 25.6. The first-order valence-electron chi connectivity index (χ1n) is 14.5. The van der Waals surface area contributed by atoms with Gasteiger partial charge in [-0.3, -0.25) is 4.90 Å². The number of carbonyl (C=O) groups excluding carboxylic acids is 1. The molecular formula is C33H32BrF3N4O2. The number of fused-ring (bicyclic) bond motifs is 4. The lowest BCUT2D eigenvalue weighted by Crippen LogP contribution is -2.47. The summed E-state index contributed by atoms with van der Waals surface area (Å²) in [6.45, 7) is 3.02. The molecule has 1 amide bonds. The standard InChI is InChI=1S/C33H32BrF3N4O2/c34-24-12-13-29-23(21-24)11-14-30(39-29)41-19-17-40(18-20-41)16-6-5-15-32(43-31(42)38-22-33(35,36)37)27-9-3-1-7-25(27)26-8-2-4-10-28(26)32/h1-4,7-14,21H,5-6,15-20,22H2,(H,38,42). The fraction of sp³-hybridized carbons (Fsp3) is 0.333. The zero-order valence-corrected chi connectivity index (χ0v) is 25.1. The van der Waals surface area contributed by atoms with Crippen molar-refractivity contribution >= 4 is 38.7 Å². The number of ether oxygens (including phenoxy) is 1. The molecule has 1 fully saturated rings. The second-order valence-electron chi connectivity index (χ2n) is 11.1. The Morgan fingerprint density at radius 2 is 1.58 bits per heavy atom. The number of pyridine rings is 1. The van der Waals surface area contributed by atoms with Crippen molar-refractivity contribution in [1.29, 1.82) is 0 Å². The van der Waals surface area contributed by atoms with E-state index in [9.17, 15) is 18.0 Å². The number of rotatable bonds is 8. The Balaban J connectivity index is 1.10. The third kappa shape index (κ3) is 6.35. The second kappa shape index (κ2) is 12.2. The second-order valence-corrected chi connectivity index (χ2v) is 12.0. The van der Waals surface area contributed by atoms with Crippen molar-refractivity contribution < 1.29 is 22.7 Å². The van der Waals surface area contributed by atoms with Gasteiger partial charge < -0.3 is 15.0 Å². The van der Waals surface area contributed by atoms with E-state index in [0.29, 0.717) is 6.42 Å². The van der Waals surface area contributed by atoms with Crippen LogP contribution in [0.25, 0.3) is 22.0 Å².